The number of amides is 1. The van der Waals surface area contributed by atoms with E-state index in [1.807, 2.05) is 56.3 Å². The van der Waals surface area contributed by atoms with Crippen molar-refractivity contribution in [1.29, 1.82) is 0 Å². The van der Waals surface area contributed by atoms with Gasteiger partial charge in [-0.1, -0.05) is 42.8 Å². The standard InChI is InChI=1S/C18H21NO2S/c1-3-16(19-18(20)15-7-5-4-6-8-15)13-22(21)17-11-9-14(2)10-12-17/h4-12,16H,3,13H2,1-2H3,(H,19,20)/t16-,22-/m1/s1. The van der Waals surface area contributed by atoms with Crippen LogP contribution in [0.1, 0.15) is 29.3 Å². The summed E-state index contributed by atoms with van der Waals surface area (Å²) >= 11 is 0. The van der Waals surface area contributed by atoms with Gasteiger partial charge in [-0.3, -0.25) is 9.00 Å². The zero-order chi connectivity index (χ0) is 15.9. The molecule has 0 unspecified atom stereocenters. The monoisotopic (exact) mass is 315 g/mol. The first-order chi connectivity index (χ1) is 10.6. The van der Waals surface area contributed by atoms with E-state index >= 15 is 0 Å². The molecule has 2 aromatic carbocycles. The Balaban J connectivity index is 1.98. The van der Waals surface area contributed by atoms with Crippen LogP contribution in [0, 0.1) is 6.92 Å². The minimum Gasteiger partial charge on any atom is -0.348 e. The number of rotatable bonds is 6. The number of hydrogen-bond acceptors (Lipinski definition) is 2. The average molecular weight is 315 g/mol. The summed E-state index contributed by atoms with van der Waals surface area (Å²) in [5.41, 5.74) is 1.77. The van der Waals surface area contributed by atoms with Gasteiger partial charge >= 0.3 is 0 Å². The highest BCUT2D eigenvalue weighted by molar-refractivity contribution is 7.85. The van der Waals surface area contributed by atoms with Crippen LogP contribution in [0.25, 0.3) is 0 Å². The highest BCUT2D eigenvalue weighted by Crippen LogP contribution is 2.11. The molecule has 0 radical (unpaired) electrons. The lowest BCUT2D eigenvalue weighted by molar-refractivity contribution is 0.0940. The highest BCUT2D eigenvalue weighted by Gasteiger charge is 2.15. The smallest absolute Gasteiger partial charge is 0.251 e. The van der Waals surface area contributed by atoms with Crippen molar-refractivity contribution in [3.8, 4) is 0 Å². The molecule has 2 aromatic rings. The molecule has 2 atom stereocenters. The van der Waals surface area contributed by atoms with Gasteiger partial charge in [0.25, 0.3) is 5.91 Å². The Labute approximate surface area is 134 Å². The molecule has 0 aliphatic rings. The molecule has 2 rings (SSSR count). The summed E-state index contributed by atoms with van der Waals surface area (Å²) in [6.07, 6.45) is 0.746. The molecule has 1 amide bonds. The average Bonchev–Trinajstić information content (AvgIpc) is 2.55. The second-order valence-corrected chi connectivity index (χ2v) is 6.77. The highest BCUT2D eigenvalue weighted by atomic mass is 32.2. The van der Waals surface area contributed by atoms with Crippen LogP contribution < -0.4 is 5.32 Å². The second-order valence-electron chi connectivity index (χ2n) is 5.27. The lowest BCUT2D eigenvalue weighted by Crippen LogP contribution is -2.38. The number of carbonyl (C=O) groups is 1. The Hall–Kier alpha value is -1.94. The third kappa shape index (κ3) is 4.53. The number of benzene rings is 2. The third-order valence-corrected chi connectivity index (χ3v) is 5.00. The Morgan fingerprint density at radius 3 is 2.32 bits per heavy atom. The van der Waals surface area contributed by atoms with Crippen LogP contribution in [-0.4, -0.2) is 21.9 Å². The van der Waals surface area contributed by atoms with E-state index in [-0.39, 0.29) is 11.9 Å². The fraction of sp³-hybridized carbons (Fsp3) is 0.278. The second kappa shape index (κ2) is 7.90. The van der Waals surface area contributed by atoms with Crippen LogP contribution in [0.3, 0.4) is 0 Å². The first kappa shape index (κ1) is 16.4. The first-order valence-electron chi connectivity index (χ1n) is 7.41. The van der Waals surface area contributed by atoms with E-state index in [0.29, 0.717) is 11.3 Å². The fourth-order valence-electron chi connectivity index (χ4n) is 2.09. The van der Waals surface area contributed by atoms with Gasteiger partial charge in [0.1, 0.15) is 0 Å². The van der Waals surface area contributed by atoms with E-state index in [1.165, 1.54) is 0 Å². The molecule has 0 bridgehead atoms. The molecule has 22 heavy (non-hydrogen) atoms. The molecule has 0 heterocycles. The van der Waals surface area contributed by atoms with Crippen molar-refractivity contribution < 1.29 is 9.00 Å². The van der Waals surface area contributed by atoms with Gasteiger partial charge in [0, 0.05) is 22.3 Å². The van der Waals surface area contributed by atoms with Crippen molar-refractivity contribution in [3.63, 3.8) is 0 Å². The number of carbonyl (C=O) groups excluding carboxylic acids is 1. The minimum atomic E-state index is -1.11. The molecule has 0 fully saturated rings. The fourth-order valence-corrected chi connectivity index (χ4v) is 3.41. The van der Waals surface area contributed by atoms with Crippen LogP contribution in [-0.2, 0) is 10.8 Å². The lowest BCUT2D eigenvalue weighted by Gasteiger charge is -2.16. The van der Waals surface area contributed by atoms with E-state index in [1.54, 1.807) is 12.1 Å². The maximum atomic E-state index is 12.4. The van der Waals surface area contributed by atoms with Crippen LogP contribution >= 0.6 is 0 Å². The van der Waals surface area contributed by atoms with Crippen LogP contribution in [0.2, 0.25) is 0 Å². The van der Waals surface area contributed by atoms with Crippen molar-refractivity contribution in [1.82, 2.24) is 5.32 Å². The summed E-state index contributed by atoms with van der Waals surface area (Å²) in [6, 6.07) is 16.7. The summed E-state index contributed by atoms with van der Waals surface area (Å²) < 4.78 is 12.4. The Kier molecular flexibility index (Phi) is 5.90. The SMILES string of the molecule is CC[C@H](C[S@@](=O)c1ccc(C)cc1)NC(=O)c1ccccc1. The molecule has 0 aliphatic heterocycles. The molecule has 4 heteroatoms. The van der Waals surface area contributed by atoms with E-state index < -0.39 is 10.8 Å². The lowest BCUT2D eigenvalue weighted by atomic mass is 10.2. The molecule has 3 nitrogen and oxygen atoms in total. The molecule has 0 aromatic heterocycles. The van der Waals surface area contributed by atoms with Gasteiger partial charge in [0.05, 0.1) is 10.8 Å². The van der Waals surface area contributed by atoms with E-state index in [2.05, 4.69) is 5.32 Å². The Bertz CT molecular complexity index is 638. The van der Waals surface area contributed by atoms with E-state index in [0.717, 1.165) is 16.9 Å². The Morgan fingerprint density at radius 1 is 1.09 bits per heavy atom. The zero-order valence-corrected chi connectivity index (χ0v) is 13.7. The molecule has 0 spiro atoms. The summed E-state index contributed by atoms with van der Waals surface area (Å²) in [7, 11) is -1.11. The summed E-state index contributed by atoms with van der Waals surface area (Å²) in [5.74, 6) is 0.311. The summed E-state index contributed by atoms with van der Waals surface area (Å²) in [5, 5.41) is 2.96. The van der Waals surface area contributed by atoms with Crippen LogP contribution in [0.4, 0.5) is 0 Å². The summed E-state index contributed by atoms with van der Waals surface area (Å²) in [6.45, 7) is 3.99. The van der Waals surface area contributed by atoms with Gasteiger partial charge in [-0.05, 0) is 37.6 Å². The first-order valence-corrected chi connectivity index (χ1v) is 8.73. The van der Waals surface area contributed by atoms with Crippen molar-refractivity contribution in [2.75, 3.05) is 5.75 Å². The quantitative estimate of drug-likeness (QED) is 0.889. The van der Waals surface area contributed by atoms with E-state index in [4.69, 9.17) is 0 Å². The van der Waals surface area contributed by atoms with Gasteiger partial charge in [-0.15, -0.1) is 0 Å². The van der Waals surface area contributed by atoms with Gasteiger partial charge in [-0.25, -0.2) is 0 Å². The van der Waals surface area contributed by atoms with Crippen molar-refractivity contribution in [3.05, 3.63) is 65.7 Å². The van der Waals surface area contributed by atoms with Gasteiger partial charge in [0.2, 0.25) is 0 Å². The van der Waals surface area contributed by atoms with Crippen molar-refractivity contribution in [2.24, 2.45) is 0 Å². The predicted octanol–water partition coefficient (Wildman–Crippen LogP) is 3.31. The van der Waals surface area contributed by atoms with Crippen molar-refractivity contribution >= 4 is 16.7 Å². The largest absolute Gasteiger partial charge is 0.348 e. The van der Waals surface area contributed by atoms with Gasteiger partial charge in [0.15, 0.2) is 0 Å². The molecule has 0 saturated heterocycles. The molecular formula is C18H21NO2S. The van der Waals surface area contributed by atoms with Gasteiger partial charge in [-0.2, -0.15) is 0 Å². The Morgan fingerprint density at radius 2 is 1.73 bits per heavy atom. The predicted molar refractivity (Wildman–Crippen MR) is 90.4 cm³/mol. The maximum absolute atomic E-state index is 12.4. The normalized spacial score (nSPS) is 13.4. The van der Waals surface area contributed by atoms with Crippen LogP contribution in [0.15, 0.2) is 59.5 Å². The minimum absolute atomic E-state index is 0.102. The maximum Gasteiger partial charge on any atom is 0.251 e. The molecule has 1 N–H and O–H groups in total. The van der Waals surface area contributed by atoms with E-state index in [9.17, 15) is 9.00 Å². The molecular weight excluding hydrogens is 294 g/mol. The van der Waals surface area contributed by atoms with Gasteiger partial charge < -0.3 is 5.32 Å². The third-order valence-electron chi connectivity index (χ3n) is 3.50. The zero-order valence-electron chi connectivity index (χ0n) is 12.9. The molecule has 116 valence electrons. The summed E-state index contributed by atoms with van der Waals surface area (Å²) in [4.78, 5) is 13.0. The number of nitrogens with one attached hydrogen (secondary N) is 1. The number of aryl methyl sites for hydroxylation is 1. The molecule has 0 saturated carbocycles. The van der Waals surface area contributed by atoms with Crippen molar-refractivity contribution in [2.45, 2.75) is 31.2 Å². The number of hydrogen-bond donors (Lipinski definition) is 1. The topological polar surface area (TPSA) is 46.2 Å². The molecule has 0 aliphatic carbocycles. The van der Waals surface area contributed by atoms with Crippen LogP contribution in [0.5, 0.6) is 0 Å².